The van der Waals surface area contributed by atoms with E-state index in [1.807, 2.05) is 13.8 Å². The molecule has 2 heterocycles. The SMILES string of the molecule is Cc1noc(C)c1Cc1nc(C2(c3ccc(F)cc3F)CCCC2)no1. The van der Waals surface area contributed by atoms with Crippen LogP contribution in [0.4, 0.5) is 8.78 Å². The van der Waals surface area contributed by atoms with Crippen molar-refractivity contribution in [2.24, 2.45) is 0 Å². The van der Waals surface area contributed by atoms with Crippen LogP contribution in [0.2, 0.25) is 0 Å². The van der Waals surface area contributed by atoms with Gasteiger partial charge in [-0.25, -0.2) is 8.78 Å². The number of rotatable bonds is 4. The van der Waals surface area contributed by atoms with E-state index in [0.717, 1.165) is 30.2 Å². The molecule has 0 bridgehead atoms. The van der Waals surface area contributed by atoms with Crippen LogP contribution in [-0.4, -0.2) is 15.3 Å². The maximum atomic E-state index is 14.5. The number of hydrogen-bond acceptors (Lipinski definition) is 5. The van der Waals surface area contributed by atoms with Crippen molar-refractivity contribution in [2.75, 3.05) is 0 Å². The van der Waals surface area contributed by atoms with Gasteiger partial charge in [-0.3, -0.25) is 0 Å². The summed E-state index contributed by atoms with van der Waals surface area (Å²) >= 11 is 0. The molecule has 0 atom stereocenters. The lowest BCUT2D eigenvalue weighted by Gasteiger charge is -2.26. The first-order valence-corrected chi connectivity index (χ1v) is 8.70. The first-order chi connectivity index (χ1) is 12.5. The molecule has 1 aromatic carbocycles. The highest BCUT2D eigenvalue weighted by molar-refractivity contribution is 5.36. The summed E-state index contributed by atoms with van der Waals surface area (Å²) in [7, 11) is 0. The summed E-state index contributed by atoms with van der Waals surface area (Å²) in [5.41, 5.74) is 1.45. The second-order valence-electron chi connectivity index (χ2n) is 6.90. The van der Waals surface area contributed by atoms with Crippen LogP contribution >= 0.6 is 0 Å². The second kappa shape index (κ2) is 6.30. The van der Waals surface area contributed by atoms with E-state index in [4.69, 9.17) is 9.05 Å². The van der Waals surface area contributed by atoms with Gasteiger partial charge in [-0.05, 0) is 32.8 Å². The first-order valence-electron chi connectivity index (χ1n) is 8.70. The molecule has 0 saturated heterocycles. The van der Waals surface area contributed by atoms with E-state index in [1.54, 1.807) is 0 Å². The van der Waals surface area contributed by atoms with Crippen LogP contribution < -0.4 is 0 Å². The average Bonchev–Trinajstić information content (AvgIpc) is 3.32. The number of nitrogens with zero attached hydrogens (tertiary/aromatic N) is 3. The van der Waals surface area contributed by atoms with Crippen LogP contribution in [0.3, 0.4) is 0 Å². The summed E-state index contributed by atoms with van der Waals surface area (Å²) in [5.74, 6) is 0.448. The molecule has 0 spiro atoms. The van der Waals surface area contributed by atoms with Gasteiger partial charge in [0.15, 0.2) is 5.82 Å². The molecular weight excluding hydrogens is 340 g/mol. The van der Waals surface area contributed by atoms with Gasteiger partial charge in [-0.15, -0.1) is 0 Å². The summed E-state index contributed by atoms with van der Waals surface area (Å²) < 4.78 is 38.5. The first kappa shape index (κ1) is 16.9. The summed E-state index contributed by atoms with van der Waals surface area (Å²) in [6.07, 6.45) is 3.70. The number of aryl methyl sites for hydroxylation is 2. The lowest BCUT2D eigenvalue weighted by molar-refractivity contribution is 0.360. The van der Waals surface area contributed by atoms with Gasteiger partial charge in [0, 0.05) is 17.2 Å². The maximum absolute atomic E-state index is 14.5. The summed E-state index contributed by atoms with van der Waals surface area (Å²) in [5, 5.41) is 8.08. The highest BCUT2D eigenvalue weighted by Gasteiger charge is 2.43. The van der Waals surface area contributed by atoms with Gasteiger partial charge in [0.1, 0.15) is 17.4 Å². The quantitative estimate of drug-likeness (QED) is 0.691. The molecule has 0 amide bonds. The smallest absolute Gasteiger partial charge is 0.231 e. The molecule has 0 N–H and O–H groups in total. The van der Waals surface area contributed by atoms with Crippen molar-refractivity contribution in [2.45, 2.75) is 51.4 Å². The fraction of sp³-hybridized carbons (Fsp3) is 0.421. The Balaban J connectivity index is 1.71. The van der Waals surface area contributed by atoms with E-state index in [2.05, 4.69) is 15.3 Å². The Labute approximate surface area is 149 Å². The number of aromatic nitrogens is 3. The molecule has 3 aromatic rings. The van der Waals surface area contributed by atoms with Gasteiger partial charge in [0.2, 0.25) is 5.89 Å². The van der Waals surface area contributed by atoms with Gasteiger partial charge in [0.05, 0.1) is 17.5 Å². The van der Waals surface area contributed by atoms with Crippen LogP contribution in [0.15, 0.2) is 27.2 Å². The van der Waals surface area contributed by atoms with Crippen molar-refractivity contribution < 1.29 is 17.8 Å². The molecule has 136 valence electrons. The topological polar surface area (TPSA) is 65.0 Å². The van der Waals surface area contributed by atoms with Crippen molar-refractivity contribution in [1.82, 2.24) is 15.3 Å². The van der Waals surface area contributed by atoms with E-state index in [0.29, 0.717) is 42.3 Å². The van der Waals surface area contributed by atoms with Crippen LogP contribution in [0.25, 0.3) is 0 Å². The summed E-state index contributed by atoms with van der Waals surface area (Å²) in [6, 6.07) is 3.70. The van der Waals surface area contributed by atoms with Gasteiger partial charge in [-0.2, -0.15) is 4.98 Å². The molecule has 7 heteroatoms. The standard InChI is InChI=1S/C19H19F2N3O2/c1-11-14(12(2)25-23-11)10-17-22-18(24-26-17)19(7-3-4-8-19)15-6-5-13(20)9-16(15)21/h5-6,9H,3-4,7-8,10H2,1-2H3. The molecule has 2 aromatic heterocycles. The molecule has 1 aliphatic carbocycles. The molecule has 1 fully saturated rings. The molecular formula is C19H19F2N3O2. The zero-order valence-electron chi connectivity index (χ0n) is 14.7. The number of benzene rings is 1. The lowest BCUT2D eigenvalue weighted by Crippen LogP contribution is -2.27. The minimum Gasteiger partial charge on any atom is -0.361 e. The maximum Gasteiger partial charge on any atom is 0.231 e. The fourth-order valence-electron chi connectivity index (χ4n) is 3.90. The van der Waals surface area contributed by atoms with Crippen molar-refractivity contribution in [1.29, 1.82) is 0 Å². The van der Waals surface area contributed by atoms with E-state index >= 15 is 0 Å². The highest BCUT2D eigenvalue weighted by atomic mass is 19.1. The molecule has 4 rings (SSSR count). The molecule has 0 unspecified atom stereocenters. The Bertz CT molecular complexity index is 923. The van der Waals surface area contributed by atoms with Crippen molar-refractivity contribution in [3.63, 3.8) is 0 Å². The number of hydrogen-bond donors (Lipinski definition) is 0. The van der Waals surface area contributed by atoms with E-state index < -0.39 is 17.0 Å². The average molecular weight is 359 g/mol. The Morgan fingerprint density at radius 3 is 2.50 bits per heavy atom. The van der Waals surface area contributed by atoms with E-state index in [-0.39, 0.29) is 0 Å². The molecule has 0 radical (unpaired) electrons. The zero-order valence-corrected chi connectivity index (χ0v) is 14.7. The molecule has 5 nitrogen and oxygen atoms in total. The molecule has 26 heavy (non-hydrogen) atoms. The summed E-state index contributed by atoms with van der Waals surface area (Å²) in [6.45, 7) is 3.69. The van der Waals surface area contributed by atoms with Crippen molar-refractivity contribution in [3.05, 3.63) is 64.1 Å². The van der Waals surface area contributed by atoms with E-state index in [9.17, 15) is 8.78 Å². The monoisotopic (exact) mass is 359 g/mol. The third-order valence-electron chi connectivity index (χ3n) is 5.31. The van der Waals surface area contributed by atoms with E-state index in [1.165, 1.54) is 12.1 Å². The largest absolute Gasteiger partial charge is 0.361 e. The predicted molar refractivity (Wildman–Crippen MR) is 88.7 cm³/mol. The highest BCUT2D eigenvalue weighted by Crippen LogP contribution is 2.46. The molecule has 1 saturated carbocycles. The zero-order chi connectivity index (χ0) is 18.3. The van der Waals surface area contributed by atoms with Crippen molar-refractivity contribution in [3.8, 4) is 0 Å². The molecule has 1 aliphatic rings. The van der Waals surface area contributed by atoms with Gasteiger partial charge >= 0.3 is 0 Å². The Hall–Kier alpha value is -2.57. The van der Waals surface area contributed by atoms with Crippen molar-refractivity contribution >= 4 is 0 Å². The van der Waals surface area contributed by atoms with Gasteiger partial charge in [-0.1, -0.05) is 29.2 Å². The minimum absolute atomic E-state index is 0.413. The molecule has 0 aliphatic heterocycles. The van der Waals surface area contributed by atoms with Crippen LogP contribution in [0.5, 0.6) is 0 Å². The summed E-state index contributed by atoms with van der Waals surface area (Å²) in [4.78, 5) is 4.55. The Morgan fingerprint density at radius 1 is 1.08 bits per heavy atom. The van der Waals surface area contributed by atoms with Crippen LogP contribution in [0, 0.1) is 25.5 Å². The number of halogens is 2. The second-order valence-corrected chi connectivity index (χ2v) is 6.90. The predicted octanol–water partition coefficient (Wildman–Crippen LogP) is 4.40. The van der Waals surface area contributed by atoms with Crippen LogP contribution in [-0.2, 0) is 11.8 Å². The Kier molecular flexibility index (Phi) is 4.09. The fourth-order valence-corrected chi connectivity index (χ4v) is 3.90. The third-order valence-corrected chi connectivity index (χ3v) is 5.31. The normalized spacial score (nSPS) is 16.3. The minimum atomic E-state index is -0.668. The third kappa shape index (κ3) is 2.71. The van der Waals surface area contributed by atoms with Gasteiger partial charge < -0.3 is 9.05 Å². The lowest BCUT2D eigenvalue weighted by atomic mass is 9.78. The van der Waals surface area contributed by atoms with Gasteiger partial charge in [0.25, 0.3) is 0 Å². The Morgan fingerprint density at radius 2 is 1.85 bits per heavy atom. The van der Waals surface area contributed by atoms with Crippen LogP contribution in [0.1, 0.15) is 60.0 Å².